The number of hydrogen-bond donors (Lipinski definition) is 1. The van der Waals surface area contributed by atoms with Crippen LogP contribution < -0.4 is 0 Å². The van der Waals surface area contributed by atoms with Gasteiger partial charge in [0.05, 0.1) is 11.9 Å². The van der Waals surface area contributed by atoms with Gasteiger partial charge in [0.2, 0.25) is 0 Å². The highest BCUT2D eigenvalue weighted by Gasteiger charge is 2.13. The zero-order valence-corrected chi connectivity index (χ0v) is 15.9. The van der Waals surface area contributed by atoms with Gasteiger partial charge in [-0.3, -0.25) is 10.00 Å². The van der Waals surface area contributed by atoms with Gasteiger partial charge in [0.15, 0.2) is 0 Å². The monoisotopic (exact) mass is 348 g/mol. The summed E-state index contributed by atoms with van der Waals surface area (Å²) >= 11 is 0. The average molecular weight is 348 g/mol. The van der Waals surface area contributed by atoms with Crippen molar-refractivity contribution in [2.45, 2.75) is 20.0 Å². The molecule has 1 N–H and O–H groups in total. The molecule has 4 nitrogen and oxygen atoms in total. The first kappa shape index (κ1) is 18.4. The van der Waals surface area contributed by atoms with Gasteiger partial charge in [-0.2, -0.15) is 5.10 Å². The normalized spacial score (nSPS) is 11.4. The van der Waals surface area contributed by atoms with Crippen LogP contribution in [-0.2, 0) is 13.1 Å². The van der Waals surface area contributed by atoms with Gasteiger partial charge in [-0.1, -0.05) is 60.2 Å². The fraction of sp³-hybridized carbons (Fsp3) is 0.318. The highest BCUT2D eigenvalue weighted by Crippen LogP contribution is 2.23. The first-order valence-corrected chi connectivity index (χ1v) is 9.12. The van der Waals surface area contributed by atoms with Crippen molar-refractivity contribution in [1.82, 2.24) is 20.0 Å². The lowest BCUT2D eigenvalue weighted by molar-refractivity contribution is 0.226. The standard InChI is InChI=1S/C22H28N4/c1-18-9-11-20(12-10-18)22-21(15-23-24-22)17-26(14-13-25(2)3)16-19-7-5-4-6-8-19/h4-12,15H,13-14,16-17H2,1-3H3,(H,23,24). The van der Waals surface area contributed by atoms with Crippen molar-refractivity contribution in [3.8, 4) is 11.3 Å². The number of nitrogens with zero attached hydrogens (tertiary/aromatic N) is 3. The van der Waals surface area contributed by atoms with Crippen LogP contribution in [0.25, 0.3) is 11.3 Å². The summed E-state index contributed by atoms with van der Waals surface area (Å²) in [5.74, 6) is 0. The van der Waals surface area contributed by atoms with Crippen molar-refractivity contribution in [3.63, 3.8) is 0 Å². The Morgan fingerprint density at radius 3 is 2.31 bits per heavy atom. The van der Waals surface area contributed by atoms with Crippen LogP contribution in [0.15, 0.2) is 60.8 Å². The van der Waals surface area contributed by atoms with Crippen molar-refractivity contribution < 1.29 is 0 Å². The van der Waals surface area contributed by atoms with E-state index in [2.05, 4.69) is 95.6 Å². The Bertz CT molecular complexity index is 791. The Labute approximate surface area is 156 Å². The van der Waals surface area contributed by atoms with Crippen molar-refractivity contribution in [1.29, 1.82) is 0 Å². The molecule has 0 saturated heterocycles. The number of aryl methyl sites for hydroxylation is 1. The molecule has 0 aliphatic rings. The molecule has 0 saturated carbocycles. The molecule has 0 aliphatic heterocycles. The second kappa shape index (κ2) is 8.79. The number of rotatable bonds is 8. The zero-order chi connectivity index (χ0) is 18.4. The van der Waals surface area contributed by atoms with Gasteiger partial charge < -0.3 is 4.90 Å². The fourth-order valence-electron chi connectivity index (χ4n) is 3.04. The summed E-state index contributed by atoms with van der Waals surface area (Å²) in [6, 6.07) is 19.3. The second-order valence-corrected chi connectivity index (χ2v) is 7.14. The molecule has 0 aliphatic carbocycles. The maximum Gasteiger partial charge on any atom is 0.0695 e. The van der Waals surface area contributed by atoms with Crippen molar-refractivity contribution in [2.24, 2.45) is 0 Å². The molecule has 26 heavy (non-hydrogen) atoms. The molecule has 1 heterocycles. The van der Waals surface area contributed by atoms with Crippen LogP contribution >= 0.6 is 0 Å². The smallest absolute Gasteiger partial charge is 0.0695 e. The van der Waals surface area contributed by atoms with Crippen molar-refractivity contribution in [2.75, 3.05) is 27.2 Å². The van der Waals surface area contributed by atoms with Gasteiger partial charge >= 0.3 is 0 Å². The van der Waals surface area contributed by atoms with Gasteiger partial charge in [0, 0.05) is 31.7 Å². The number of likely N-dealkylation sites (N-methyl/N-ethyl adjacent to an activating group) is 1. The summed E-state index contributed by atoms with van der Waals surface area (Å²) in [4.78, 5) is 4.71. The molecule has 2 aromatic carbocycles. The predicted molar refractivity (Wildman–Crippen MR) is 108 cm³/mol. The molecular weight excluding hydrogens is 320 g/mol. The number of H-pyrrole nitrogens is 1. The largest absolute Gasteiger partial charge is 0.308 e. The fourth-order valence-corrected chi connectivity index (χ4v) is 3.04. The van der Waals surface area contributed by atoms with Crippen LogP contribution in [0.4, 0.5) is 0 Å². The third-order valence-corrected chi connectivity index (χ3v) is 4.56. The van der Waals surface area contributed by atoms with E-state index >= 15 is 0 Å². The second-order valence-electron chi connectivity index (χ2n) is 7.14. The summed E-state index contributed by atoms with van der Waals surface area (Å²) in [6.45, 7) is 5.97. The Morgan fingerprint density at radius 2 is 1.62 bits per heavy atom. The zero-order valence-electron chi connectivity index (χ0n) is 15.9. The average Bonchev–Trinajstić information content (AvgIpc) is 3.09. The minimum atomic E-state index is 0.877. The first-order chi connectivity index (χ1) is 12.6. The SMILES string of the molecule is Cc1ccc(-c2[nH]ncc2CN(CCN(C)C)Cc2ccccc2)cc1. The molecule has 4 heteroatoms. The maximum atomic E-state index is 4.31. The Balaban J connectivity index is 1.78. The molecule has 0 fully saturated rings. The first-order valence-electron chi connectivity index (χ1n) is 9.12. The molecule has 3 aromatic rings. The highest BCUT2D eigenvalue weighted by molar-refractivity contribution is 5.62. The van der Waals surface area contributed by atoms with Crippen molar-refractivity contribution >= 4 is 0 Å². The lowest BCUT2D eigenvalue weighted by Crippen LogP contribution is -2.31. The number of benzene rings is 2. The van der Waals surface area contributed by atoms with Crippen molar-refractivity contribution in [3.05, 3.63) is 77.5 Å². The maximum absolute atomic E-state index is 4.31. The molecule has 136 valence electrons. The summed E-state index contributed by atoms with van der Waals surface area (Å²) in [5, 5.41) is 7.50. The summed E-state index contributed by atoms with van der Waals surface area (Å²) < 4.78 is 0. The van der Waals surface area contributed by atoms with E-state index in [4.69, 9.17) is 0 Å². The Kier molecular flexibility index (Phi) is 6.21. The van der Waals surface area contributed by atoms with Crippen LogP contribution in [0.1, 0.15) is 16.7 Å². The number of aromatic amines is 1. The lowest BCUT2D eigenvalue weighted by Gasteiger charge is -2.24. The van der Waals surface area contributed by atoms with E-state index in [1.54, 1.807) is 0 Å². The summed E-state index contributed by atoms with van der Waals surface area (Å²) in [6.07, 6.45) is 1.96. The van der Waals surface area contributed by atoms with Gasteiger partial charge in [-0.15, -0.1) is 0 Å². The summed E-state index contributed by atoms with van der Waals surface area (Å²) in [7, 11) is 4.24. The summed E-state index contributed by atoms with van der Waals surface area (Å²) in [5.41, 5.74) is 6.16. The number of nitrogens with one attached hydrogen (secondary N) is 1. The molecule has 0 atom stereocenters. The van der Waals surface area contributed by atoms with E-state index in [1.165, 1.54) is 22.3 Å². The Hall–Kier alpha value is -2.43. The molecule has 3 rings (SSSR count). The number of aromatic nitrogens is 2. The minimum absolute atomic E-state index is 0.877. The molecule has 0 radical (unpaired) electrons. The molecular formula is C22H28N4. The quantitative estimate of drug-likeness (QED) is 0.669. The molecule has 1 aromatic heterocycles. The van der Waals surface area contributed by atoms with Gasteiger partial charge in [-0.05, 0) is 32.1 Å². The van der Waals surface area contributed by atoms with E-state index in [9.17, 15) is 0 Å². The Morgan fingerprint density at radius 1 is 0.885 bits per heavy atom. The van der Waals surface area contributed by atoms with Crippen LogP contribution in [-0.4, -0.2) is 47.2 Å². The highest BCUT2D eigenvalue weighted by atomic mass is 15.2. The topological polar surface area (TPSA) is 35.2 Å². The van der Waals surface area contributed by atoms with Gasteiger partial charge in [0.1, 0.15) is 0 Å². The molecule has 0 unspecified atom stereocenters. The van der Waals surface area contributed by atoms with Gasteiger partial charge in [0.25, 0.3) is 0 Å². The van der Waals surface area contributed by atoms with Gasteiger partial charge in [-0.25, -0.2) is 0 Å². The van der Waals surface area contributed by atoms with E-state index < -0.39 is 0 Å². The van der Waals surface area contributed by atoms with E-state index in [1.807, 2.05) is 6.20 Å². The van der Waals surface area contributed by atoms with E-state index in [0.717, 1.165) is 31.9 Å². The lowest BCUT2D eigenvalue weighted by atomic mass is 10.1. The van der Waals surface area contributed by atoms with Crippen LogP contribution in [0, 0.1) is 6.92 Å². The van der Waals surface area contributed by atoms with Crippen LogP contribution in [0.5, 0.6) is 0 Å². The molecule has 0 spiro atoms. The van der Waals surface area contributed by atoms with E-state index in [-0.39, 0.29) is 0 Å². The van der Waals surface area contributed by atoms with Crippen LogP contribution in [0.2, 0.25) is 0 Å². The third kappa shape index (κ3) is 5.04. The predicted octanol–water partition coefficient (Wildman–Crippen LogP) is 3.95. The molecule has 0 bridgehead atoms. The van der Waals surface area contributed by atoms with E-state index in [0.29, 0.717) is 0 Å². The number of hydrogen-bond acceptors (Lipinski definition) is 3. The van der Waals surface area contributed by atoms with Crippen LogP contribution in [0.3, 0.4) is 0 Å². The minimum Gasteiger partial charge on any atom is -0.308 e. The third-order valence-electron chi connectivity index (χ3n) is 4.56. The molecule has 0 amide bonds.